The lowest BCUT2D eigenvalue weighted by Gasteiger charge is -2.21. The van der Waals surface area contributed by atoms with Gasteiger partial charge in [-0.25, -0.2) is 9.97 Å². The molecule has 2 aromatic rings. The average Bonchev–Trinajstić information content (AvgIpc) is 2.71. The highest BCUT2D eigenvalue weighted by Gasteiger charge is 2.14. The van der Waals surface area contributed by atoms with E-state index in [0.29, 0.717) is 13.2 Å². The van der Waals surface area contributed by atoms with Gasteiger partial charge in [0.05, 0.1) is 23.6 Å². The maximum atomic E-state index is 6.15. The molecule has 0 saturated carbocycles. The maximum Gasteiger partial charge on any atom is 0.163 e. The first kappa shape index (κ1) is 13.0. The van der Waals surface area contributed by atoms with Gasteiger partial charge >= 0.3 is 0 Å². The Kier molecular flexibility index (Phi) is 3.98. The summed E-state index contributed by atoms with van der Waals surface area (Å²) in [5.41, 5.74) is 0.810. The Morgan fingerprint density at radius 1 is 1.50 bits per heavy atom. The van der Waals surface area contributed by atoms with Crippen LogP contribution in [0.5, 0.6) is 0 Å². The Bertz CT molecular complexity index is 529. The van der Waals surface area contributed by atoms with E-state index in [0.717, 1.165) is 16.9 Å². The van der Waals surface area contributed by atoms with E-state index in [1.807, 2.05) is 19.0 Å². The molecule has 98 valence electrons. The second kappa shape index (κ2) is 5.49. The summed E-state index contributed by atoms with van der Waals surface area (Å²) >= 11 is 6.15. The SMILES string of the molecule is COCC(Cl)CN(C)c1ncnc2c1cnn2C. The van der Waals surface area contributed by atoms with Crippen LogP contribution < -0.4 is 4.90 Å². The number of alkyl halides is 1. The Morgan fingerprint density at radius 2 is 2.28 bits per heavy atom. The monoisotopic (exact) mass is 269 g/mol. The topological polar surface area (TPSA) is 56.1 Å². The van der Waals surface area contributed by atoms with E-state index in [9.17, 15) is 0 Å². The van der Waals surface area contributed by atoms with Gasteiger partial charge < -0.3 is 9.64 Å². The van der Waals surface area contributed by atoms with Gasteiger partial charge in [0.2, 0.25) is 0 Å². The van der Waals surface area contributed by atoms with Gasteiger partial charge in [0.15, 0.2) is 5.65 Å². The molecule has 7 heteroatoms. The van der Waals surface area contributed by atoms with Crippen LogP contribution in [0.15, 0.2) is 12.5 Å². The minimum Gasteiger partial charge on any atom is -0.383 e. The molecule has 0 N–H and O–H groups in total. The lowest BCUT2D eigenvalue weighted by atomic mass is 10.3. The third-order valence-corrected chi connectivity index (χ3v) is 2.95. The molecule has 2 heterocycles. The third kappa shape index (κ3) is 2.54. The molecule has 2 rings (SSSR count). The molecule has 0 bridgehead atoms. The van der Waals surface area contributed by atoms with E-state index in [1.165, 1.54) is 6.33 Å². The summed E-state index contributed by atoms with van der Waals surface area (Å²) in [4.78, 5) is 10.5. The molecule has 1 atom stereocenters. The van der Waals surface area contributed by atoms with Gasteiger partial charge in [-0.05, 0) is 0 Å². The highest BCUT2D eigenvalue weighted by Crippen LogP contribution is 2.21. The summed E-state index contributed by atoms with van der Waals surface area (Å²) in [5.74, 6) is 0.829. The smallest absolute Gasteiger partial charge is 0.163 e. The minimum absolute atomic E-state index is 0.0818. The van der Waals surface area contributed by atoms with E-state index in [1.54, 1.807) is 18.0 Å². The van der Waals surface area contributed by atoms with Crippen molar-refractivity contribution in [3.8, 4) is 0 Å². The Balaban J connectivity index is 2.25. The molecule has 0 aliphatic carbocycles. The predicted molar refractivity (Wildman–Crippen MR) is 71.1 cm³/mol. The van der Waals surface area contributed by atoms with Gasteiger partial charge in [0.25, 0.3) is 0 Å². The van der Waals surface area contributed by atoms with Gasteiger partial charge in [-0.1, -0.05) is 0 Å². The number of aryl methyl sites for hydroxylation is 1. The summed E-state index contributed by atoms with van der Waals surface area (Å²) in [5, 5.41) is 5.02. The zero-order valence-electron chi connectivity index (χ0n) is 10.7. The number of rotatable bonds is 5. The second-order valence-electron chi connectivity index (χ2n) is 4.14. The van der Waals surface area contributed by atoms with Crippen LogP contribution in [-0.2, 0) is 11.8 Å². The van der Waals surface area contributed by atoms with Crippen LogP contribution in [0.4, 0.5) is 5.82 Å². The molecule has 0 radical (unpaired) electrons. The van der Waals surface area contributed by atoms with Crippen LogP contribution in [0, 0.1) is 0 Å². The van der Waals surface area contributed by atoms with Crippen molar-refractivity contribution in [3.05, 3.63) is 12.5 Å². The minimum atomic E-state index is -0.0818. The molecule has 2 aromatic heterocycles. The molecule has 0 saturated heterocycles. The molecule has 0 amide bonds. The maximum absolute atomic E-state index is 6.15. The highest BCUT2D eigenvalue weighted by molar-refractivity contribution is 6.21. The van der Waals surface area contributed by atoms with Crippen LogP contribution in [-0.4, -0.2) is 52.4 Å². The van der Waals surface area contributed by atoms with E-state index in [2.05, 4.69) is 15.1 Å². The third-order valence-electron chi connectivity index (χ3n) is 2.69. The van der Waals surface area contributed by atoms with Gasteiger partial charge in [-0.15, -0.1) is 11.6 Å². The van der Waals surface area contributed by atoms with Crippen molar-refractivity contribution in [1.82, 2.24) is 19.7 Å². The first-order valence-corrected chi connectivity index (χ1v) is 6.04. The number of ether oxygens (including phenoxy) is 1. The van der Waals surface area contributed by atoms with Gasteiger partial charge in [0.1, 0.15) is 12.1 Å². The normalized spacial score (nSPS) is 12.9. The van der Waals surface area contributed by atoms with Crippen molar-refractivity contribution < 1.29 is 4.74 Å². The lowest BCUT2D eigenvalue weighted by molar-refractivity contribution is 0.199. The number of hydrogen-bond acceptors (Lipinski definition) is 5. The number of fused-ring (bicyclic) bond motifs is 1. The van der Waals surface area contributed by atoms with E-state index in [4.69, 9.17) is 16.3 Å². The molecule has 0 fully saturated rings. The molecular formula is C11H16ClN5O. The van der Waals surface area contributed by atoms with Crippen LogP contribution in [0.3, 0.4) is 0 Å². The van der Waals surface area contributed by atoms with Crippen LogP contribution >= 0.6 is 11.6 Å². The number of aromatic nitrogens is 4. The summed E-state index contributed by atoms with van der Waals surface area (Å²) in [7, 11) is 5.44. The molecule has 0 aliphatic rings. The van der Waals surface area contributed by atoms with Gasteiger partial charge in [0, 0.05) is 27.7 Å². The standard InChI is InChI=1S/C11H16ClN5O/c1-16(5-8(12)6-18-3)10-9-4-15-17(2)11(9)14-7-13-10/h4,7-8H,5-6H2,1-3H3. The fourth-order valence-corrected chi connectivity index (χ4v) is 2.20. The molecular weight excluding hydrogens is 254 g/mol. The zero-order chi connectivity index (χ0) is 13.1. The van der Waals surface area contributed by atoms with Crippen molar-refractivity contribution in [2.75, 3.05) is 32.2 Å². The van der Waals surface area contributed by atoms with Crippen LogP contribution in [0.25, 0.3) is 11.0 Å². The fraction of sp³-hybridized carbons (Fsp3) is 0.545. The largest absolute Gasteiger partial charge is 0.383 e. The second-order valence-corrected chi connectivity index (χ2v) is 4.75. The molecule has 6 nitrogen and oxygen atoms in total. The van der Waals surface area contributed by atoms with Crippen molar-refractivity contribution >= 4 is 28.5 Å². The number of nitrogens with zero attached hydrogens (tertiary/aromatic N) is 5. The van der Waals surface area contributed by atoms with Gasteiger partial charge in [-0.2, -0.15) is 5.10 Å². The number of halogens is 1. The highest BCUT2D eigenvalue weighted by atomic mass is 35.5. The first-order chi connectivity index (χ1) is 8.63. The zero-order valence-corrected chi connectivity index (χ0v) is 11.4. The van der Waals surface area contributed by atoms with Crippen LogP contribution in [0.1, 0.15) is 0 Å². The van der Waals surface area contributed by atoms with Crippen molar-refractivity contribution in [3.63, 3.8) is 0 Å². The molecule has 0 aliphatic heterocycles. The van der Waals surface area contributed by atoms with Crippen molar-refractivity contribution in [2.45, 2.75) is 5.38 Å². The fourth-order valence-electron chi connectivity index (χ4n) is 1.87. The van der Waals surface area contributed by atoms with E-state index in [-0.39, 0.29) is 5.38 Å². The number of anilines is 1. The molecule has 1 unspecified atom stereocenters. The quantitative estimate of drug-likeness (QED) is 0.760. The van der Waals surface area contributed by atoms with Crippen molar-refractivity contribution in [2.24, 2.45) is 7.05 Å². The van der Waals surface area contributed by atoms with E-state index >= 15 is 0 Å². The molecule has 0 spiro atoms. The summed E-state index contributed by atoms with van der Waals surface area (Å²) in [6, 6.07) is 0. The van der Waals surface area contributed by atoms with E-state index < -0.39 is 0 Å². The average molecular weight is 270 g/mol. The number of hydrogen-bond donors (Lipinski definition) is 0. The Morgan fingerprint density at radius 3 is 3.00 bits per heavy atom. The summed E-state index contributed by atoms with van der Waals surface area (Å²) < 4.78 is 6.75. The Labute approximate surface area is 111 Å². The van der Waals surface area contributed by atoms with Crippen LogP contribution in [0.2, 0.25) is 0 Å². The summed E-state index contributed by atoms with van der Waals surface area (Å²) in [6.45, 7) is 1.16. The predicted octanol–water partition coefficient (Wildman–Crippen LogP) is 1.05. The molecule has 18 heavy (non-hydrogen) atoms. The van der Waals surface area contributed by atoms with Crippen molar-refractivity contribution in [1.29, 1.82) is 0 Å². The first-order valence-electron chi connectivity index (χ1n) is 5.60. The summed E-state index contributed by atoms with van der Waals surface area (Å²) in [6.07, 6.45) is 3.30. The Hall–Kier alpha value is -1.40. The number of methoxy groups -OCH3 is 1. The van der Waals surface area contributed by atoms with Gasteiger partial charge in [-0.3, -0.25) is 4.68 Å². The molecule has 0 aromatic carbocycles. The lowest BCUT2D eigenvalue weighted by Crippen LogP contribution is -2.29.